The summed E-state index contributed by atoms with van der Waals surface area (Å²) in [6.45, 7) is 0. The van der Waals surface area contributed by atoms with Crippen LogP contribution >= 0.6 is 23.8 Å². The first-order valence-corrected chi connectivity index (χ1v) is 7.26. The van der Waals surface area contributed by atoms with Crippen LogP contribution in [0.25, 0.3) is 27.6 Å². The Morgan fingerprint density at radius 2 is 2.00 bits per heavy atom. The summed E-state index contributed by atoms with van der Waals surface area (Å²) >= 11 is 11.5. The van der Waals surface area contributed by atoms with Gasteiger partial charge in [0.25, 0.3) is 0 Å². The monoisotopic (exact) mass is 311 g/mol. The highest BCUT2D eigenvalue weighted by molar-refractivity contribution is 7.71. The molecule has 102 valence electrons. The summed E-state index contributed by atoms with van der Waals surface area (Å²) < 4.78 is 2.66. The molecule has 0 aliphatic carbocycles. The molecule has 4 rings (SSSR count). The van der Waals surface area contributed by atoms with Gasteiger partial charge in [-0.3, -0.25) is 9.55 Å². The molecule has 2 aromatic heterocycles. The Bertz CT molecular complexity index is 1030. The fourth-order valence-corrected chi connectivity index (χ4v) is 3.03. The Kier molecular flexibility index (Phi) is 2.80. The first kappa shape index (κ1) is 12.6. The summed E-state index contributed by atoms with van der Waals surface area (Å²) in [4.78, 5) is 7.53. The van der Waals surface area contributed by atoms with E-state index >= 15 is 0 Å². The first-order valence-electron chi connectivity index (χ1n) is 6.48. The topological polar surface area (TPSA) is 33.6 Å². The maximum absolute atomic E-state index is 6.03. The molecule has 5 heteroatoms. The summed E-state index contributed by atoms with van der Waals surface area (Å²) in [5.41, 5.74) is 3.91. The fraction of sp³-hybridized carbons (Fsp3) is 0. The molecule has 3 nitrogen and oxygen atoms in total. The van der Waals surface area contributed by atoms with Crippen molar-refractivity contribution in [2.24, 2.45) is 0 Å². The second-order valence-electron chi connectivity index (χ2n) is 4.81. The molecular formula is C16H10ClN3S. The minimum Gasteiger partial charge on any atom is -0.330 e. The highest BCUT2D eigenvalue weighted by Crippen LogP contribution is 2.24. The van der Waals surface area contributed by atoms with Crippen molar-refractivity contribution in [2.45, 2.75) is 0 Å². The van der Waals surface area contributed by atoms with Crippen LogP contribution in [0.5, 0.6) is 0 Å². The molecule has 0 fully saturated rings. The molecule has 2 aromatic carbocycles. The van der Waals surface area contributed by atoms with E-state index in [1.165, 1.54) is 0 Å². The lowest BCUT2D eigenvalue weighted by Crippen LogP contribution is -1.94. The van der Waals surface area contributed by atoms with Crippen molar-refractivity contribution in [1.29, 1.82) is 0 Å². The van der Waals surface area contributed by atoms with Gasteiger partial charge < -0.3 is 4.98 Å². The predicted molar refractivity (Wildman–Crippen MR) is 88.8 cm³/mol. The van der Waals surface area contributed by atoms with Gasteiger partial charge in [-0.05, 0) is 54.7 Å². The normalized spacial score (nSPS) is 11.3. The number of aromatic nitrogens is 3. The summed E-state index contributed by atoms with van der Waals surface area (Å²) in [6, 6.07) is 15.8. The van der Waals surface area contributed by atoms with E-state index < -0.39 is 0 Å². The number of fused-ring (bicyclic) bond motifs is 2. The molecule has 0 unspecified atom stereocenters. The van der Waals surface area contributed by atoms with Crippen LogP contribution in [0, 0.1) is 4.77 Å². The van der Waals surface area contributed by atoms with Crippen LogP contribution in [0.4, 0.5) is 0 Å². The van der Waals surface area contributed by atoms with Crippen molar-refractivity contribution in [3.05, 3.63) is 64.5 Å². The number of rotatable bonds is 1. The maximum Gasteiger partial charge on any atom is 0.182 e. The Labute approximate surface area is 130 Å². The second-order valence-corrected chi connectivity index (χ2v) is 5.63. The van der Waals surface area contributed by atoms with Gasteiger partial charge in [0.1, 0.15) is 0 Å². The molecule has 4 aromatic rings. The van der Waals surface area contributed by atoms with Crippen LogP contribution in [-0.4, -0.2) is 14.5 Å². The third-order valence-electron chi connectivity index (χ3n) is 3.49. The fourth-order valence-electron chi connectivity index (χ4n) is 2.54. The zero-order chi connectivity index (χ0) is 14.4. The van der Waals surface area contributed by atoms with E-state index in [2.05, 4.69) is 16.0 Å². The molecule has 0 amide bonds. The largest absolute Gasteiger partial charge is 0.330 e. The van der Waals surface area contributed by atoms with E-state index in [1.54, 1.807) is 6.20 Å². The lowest BCUT2D eigenvalue weighted by molar-refractivity contribution is 1.07. The van der Waals surface area contributed by atoms with Gasteiger partial charge in [0.2, 0.25) is 0 Å². The zero-order valence-electron chi connectivity index (χ0n) is 10.9. The summed E-state index contributed by atoms with van der Waals surface area (Å²) in [6.07, 6.45) is 1.79. The molecule has 0 spiro atoms. The van der Waals surface area contributed by atoms with E-state index in [4.69, 9.17) is 23.8 Å². The number of imidazole rings is 1. The number of nitrogens with one attached hydrogen (secondary N) is 1. The van der Waals surface area contributed by atoms with Crippen LogP contribution in [0.15, 0.2) is 54.7 Å². The summed E-state index contributed by atoms with van der Waals surface area (Å²) in [7, 11) is 0. The Morgan fingerprint density at radius 1 is 1.10 bits per heavy atom. The molecule has 21 heavy (non-hydrogen) atoms. The van der Waals surface area contributed by atoms with Gasteiger partial charge in [0, 0.05) is 22.3 Å². The van der Waals surface area contributed by atoms with Gasteiger partial charge >= 0.3 is 0 Å². The number of hydrogen-bond acceptors (Lipinski definition) is 2. The number of benzene rings is 2. The minimum absolute atomic E-state index is 0.649. The minimum atomic E-state index is 0.649. The average Bonchev–Trinajstić information content (AvgIpc) is 2.81. The molecular weight excluding hydrogens is 302 g/mol. The van der Waals surface area contributed by atoms with Crippen LogP contribution in [-0.2, 0) is 0 Å². The standard InChI is InChI=1S/C16H10ClN3S/c17-11-3-6-15-14(9-11)19-16(21)20(15)12-4-5-13-10(8-12)2-1-7-18-13/h1-9H,(H,19,21). The van der Waals surface area contributed by atoms with Crippen LogP contribution in [0.1, 0.15) is 0 Å². The number of aromatic amines is 1. The van der Waals surface area contributed by atoms with E-state index in [0.717, 1.165) is 27.6 Å². The van der Waals surface area contributed by atoms with Crippen molar-refractivity contribution in [3.8, 4) is 5.69 Å². The van der Waals surface area contributed by atoms with Gasteiger partial charge in [-0.15, -0.1) is 0 Å². The number of halogens is 1. The summed E-state index contributed by atoms with van der Waals surface area (Å²) in [5.74, 6) is 0. The van der Waals surface area contributed by atoms with Crippen molar-refractivity contribution in [2.75, 3.05) is 0 Å². The molecule has 0 radical (unpaired) electrons. The lowest BCUT2D eigenvalue weighted by atomic mass is 10.2. The quantitative estimate of drug-likeness (QED) is 0.508. The van der Waals surface area contributed by atoms with E-state index in [1.807, 2.05) is 47.0 Å². The highest BCUT2D eigenvalue weighted by atomic mass is 35.5. The SMILES string of the molecule is S=c1[nH]c2cc(Cl)ccc2n1-c1ccc2ncccc2c1. The number of nitrogens with zero attached hydrogens (tertiary/aromatic N) is 2. The van der Waals surface area contributed by atoms with Gasteiger partial charge in [-0.25, -0.2) is 0 Å². The molecule has 2 heterocycles. The zero-order valence-corrected chi connectivity index (χ0v) is 12.4. The molecule has 0 aliphatic heterocycles. The molecule has 0 atom stereocenters. The predicted octanol–water partition coefficient (Wildman–Crippen LogP) is 4.89. The van der Waals surface area contributed by atoms with Crippen LogP contribution < -0.4 is 0 Å². The third kappa shape index (κ3) is 2.04. The van der Waals surface area contributed by atoms with E-state index in [9.17, 15) is 0 Å². The van der Waals surface area contributed by atoms with Gasteiger partial charge in [-0.2, -0.15) is 0 Å². The smallest absolute Gasteiger partial charge is 0.182 e. The number of H-pyrrole nitrogens is 1. The Balaban J connectivity index is 2.03. The first-order chi connectivity index (χ1) is 10.2. The van der Waals surface area contributed by atoms with Crippen molar-refractivity contribution in [1.82, 2.24) is 14.5 Å². The lowest BCUT2D eigenvalue weighted by Gasteiger charge is -2.06. The molecule has 1 N–H and O–H groups in total. The molecule has 0 bridgehead atoms. The van der Waals surface area contributed by atoms with E-state index in [0.29, 0.717) is 9.79 Å². The molecule has 0 saturated carbocycles. The van der Waals surface area contributed by atoms with Crippen molar-refractivity contribution < 1.29 is 0 Å². The van der Waals surface area contributed by atoms with Crippen molar-refractivity contribution in [3.63, 3.8) is 0 Å². The molecule has 0 saturated heterocycles. The Hall–Kier alpha value is -2.17. The van der Waals surface area contributed by atoms with Gasteiger partial charge in [-0.1, -0.05) is 17.7 Å². The Morgan fingerprint density at radius 3 is 2.90 bits per heavy atom. The number of hydrogen-bond donors (Lipinski definition) is 1. The van der Waals surface area contributed by atoms with Crippen LogP contribution in [0.2, 0.25) is 5.02 Å². The summed E-state index contributed by atoms with van der Waals surface area (Å²) in [5, 5.41) is 1.77. The van der Waals surface area contributed by atoms with Gasteiger partial charge in [0.05, 0.1) is 16.6 Å². The second kappa shape index (κ2) is 4.69. The van der Waals surface area contributed by atoms with E-state index in [-0.39, 0.29) is 0 Å². The number of pyridine rings is 1. The third-order valence-corrected chi connectivity index (χ3v) is 4.01. The molecule has 0 aliphatic rings. The van der Waals surface area contributed by atoms with Crippen molar-refractivity contribution >= 4 is 45.8 Å². The van der Waals surface area contributed by atoms with Gasteiger partial charge in [0.15, 0.2) is 4.77 Å². The van der Waals surface area contributed by atoms with Crippen LogP contribution in [0.3, 0.4) is 0 Å². The average molecular weight is 312 g/mol. The highest BCUT2D eigenvalue weighted by Gasteiger charge is 2.07. The maximum atomic E-state index is 6.03.